The van der Waals surface area contributed by atoms with Crippen LogP contribution in [0.1, 0.15) is 23.7 Å². The number of nitrogens with zero attached hydrogens (tertiary/aromatic N) is 1. The summed E-state index contributed by atoms with van der Waals surface area (Å²) in [7, 11) is 0. The smallest absolute Gasteiger partial charge is 0.308 e. The van der Waals surface area contributed by atoms with Crippen molar-refractivity contribution in [1.82, 2.24) is 0 Å². The zero-order chi connectivity index (χ0) is 18.0. The van der Waals surface area contributed by atoms with Crippen LogP contribution in [0.5, 0.6) is 5.75 Å². The Morgan fingerprint density at radius 3 is 2.68 bits per heavy atom. The predicted molar refractivity (Wildman–Crippen MR) is 81.5 cm³/mol. The Morgan fingerprint density at radius 2 is 1.96 bits per heavy atom. The summed E-state index contributed by atoms with van der Waals surface area (Å²) in [5.41, 5.74) is 0.303. The average Bonchev–Trinajstić information content (AvgIpc) is 3.11. The lowest BCUT2D eigenvalue weighted by Gasteiger charge is -2.16. The van der Waals surface area contributed by atoms with Crippen LogP contribution in [0.15, 0.2) is 24.3 Å². The van der Waals surface area contributed by atoms with Crippen molar-refractivity contribution in [1.29, 1.82) is 0 Å². The molecule has 0 aromatic heterocycles. The van der Waals surface area contributed by atoms with E-state index in [-0.39, 0.29) is 37.1 Å². The molecule has 2 fully saturated rings. The maximum absolute atomic E-state index is 12.6. The summed E-state index contributed by atoms with van der Waals surface area (Å²) in [6.07, 6.45) is -1.67. The van der Waals surface area contributed by atoms with Crippen LogP contribution in [-0.2, 0) is 19.1 Å². The summed E-state index contributed by atoms with van der Waals surface area (Å²) in [6.45, 7) is 1.55. The van der Waals surface area contributed by atoms with E-state index in [1.165, 1.54) is 6.92 Å². The van der Waals surface area contributed by atoms with Gasteiger partial charge in [0.25, 0.3) is 5.09 Å². The van der Waals surface area contributed by atoms with Gasteiger partial charge in [0, 0.05) is 19.3 Å². The predicted octanol–water partition coefficient (Wildman–Crippen LogP) is 1.18. The number of ketones is 1. The highest BCUT2D eigenvalue weighted by atomic mass is 17.0. The van der Waals surface area contributed by atoms with Crippen molar-refractivity contribution in [3.63, 3.8) is 0 Å². The maximum atomic E-state index is 12.6. The molecule has 134 valence electrons. The summed E-state index contributed by atoms with van der Waals surface area (Å²) in [6, 6.07) is 6.49. The van der Waals surface area contributed by atoms with Crippen LogP contribution < -0.4 is 4.74 Å². The zero-order valence-electron chi connectivity index (χ0n) is 13.5. The molecule has 0 unspecified atom stereocenters. The van der Waals surface area contributed by atoms with Gasteiger partial charge in [0.15, 0.2) is 11.9 Å². The highest BCUT2D eigenvalue weighted by molar-refractivity contribution is 5.99. The van der Waals surface area contributed by atoms with Crippen LogP contribution >= 0.6 is 0 Å². The van der Waals surface area contributed by atoms with E-state index in [4.69, 9.17) is 14.2 Å². The normalized spacial score (nSPS) is 27.6. The Kier molecular flexibility index (Phi) is 4.95. The third-order valence-corrected chi connectivity index (χ3v) is 4.22. The molecular formula is C16H17NO8. The quantitative estimate of drug-likeness (QED) is 0.247. The van der Waals surface area contributed by atoms with Crippen LogP contribution in [0.25, 0.3) is 0 Å². The van der Waals surface area contributed by atoms with E-state index in [1.807, 2.05) is 0 Å². The first kappa shape index (κ1) is 17.3. The molecule has 2 saturated heterocycles. The number of ether oxygens (including phenoxy) is 3. The number of rotatable bonds is 6. The number of para-hydroxylation sites is 1. The van der Waals surface area contributed by atoms with E-state index in [9.17, 15) is 19.7 Å². The van der Waals surface area contributed by atoms with Crippen molar-refractivity contribution in [2.75, 3.05) is 13.2 Å². The second-order valence-electron chi connectivity index (χ2n) is 5.94. The molecule has 9 nitrogen and oxygen atoms in total. The number of esters is 1. The first-order valence-corrected chi connectivity index (χ1v) is 7.80. The molecule has 0 bridgehead atoms. The Morgan fingerprint density at radius 1 is 1.24 bits per heavy atom. The highest BCUT2D eigenvalue weighted by Crippen LogP contribution is 2.35. The van der Waals surface area contributed by atoms with Gasteiger partial charge in [0.1, 0.15) is 11.9 Å². The molecule has 0 amide bonds. The fraction of sp³-hybridized carbons (Fsp3) is 0.500. The van der Waals surface area contributed by atoms with Crippen molar-refractivity contribution >= 4 is 11.8 Å². The van der Waals surface area contributed by atoms with Crippen LogP contribution in [0.2, 0.25) is 0 Å². The Balaban J connectivity index is 1.67. The lowest BCUT2D eigenvalue weighted by molar-refractivity contribution is -0.769. The summed E-state index contributed by atoms with van der Waals surface area (Å²) in [5.74, 6) is -0.766. The Hall–Kier alpha value is -2.52. The third-order valence-electron chi connectivity index (χ3n) is 4.22. The van der Waals surface area contributed by atoms with Gasteiger partial charge in [0.05, 0.1) is 24.9 Å². The van der Waals surface area contributed by atoms with Gasteiger partial charge in [0.2, 0.25) is 0 Å². The van der Waals surface area contributed by atoms with E-state index in [0.717, 1.165) is 0 Å². The summed E-state index contributed by atoms with van der Waals surface area (Å²) in [4.78, 5) is 38.8. The van der Waals surface area contributed by atoms with Crippen LogP contribution in [0.3, 0.4) is 0 Å². The summed E-state index contributed by atoms with van der Waals surface area (Å²) >= 11 is 0. The topological polar surface area (TPSA) is 114 Å². The van der Waals surface area contributed by atoms with E-state index in [1.54, 1.807) is 24.3 Å². The number of benzene rings is 1. The Labute approximate surface area is 142 Å². The van der Waals surface area contributed by atoms with Crippen LogP contribution in [0, 0.1) is 16.0 Å². The van der Waals surface area contributed by atoms with Gasteiger partial charge in [-0.2, -0.15) is 0 Å². The molecule has 3 rings (SSSR count). The number of hydrogen-bond donors (Lipinski definition) is 0. The van der Waals surface area contributed by atoms with Gasteiger partial charge in [-0.25, -0.2) is 0 Å². The Bertz CT molecular complexity index is 690. The molecule has 2 aliphatic rings. The SMILES string of the molecule is CC(=O)Oc1ccccc1C(=O)C[C@H]1CO[C@H]2[C@@H]1OC[C@H]2O[N+](=O)[O-]. The number of Topliss-reactive ketones (excluding diaryl/α,β-unsaturated/α-hetero) is 1. The fourth-order valence-electron chi connectivity index (χ4n) is 3.21. The van der Waals surface area contributed by atoms with E-state index in [0.29, 0.717) is 5.56 Å². The highest BCUT2D eigenvalue weighted by Gasteiger charge is 2.49. The van der Waals surface area contributed by atoms with E-state index in [2.05, 4.69) is 4.84 Å². The molecular weight excluding hydrogens is 334 g/mol. The molecule has 0 N–H and O–H groups in total. The molecule has 1 aromatic carbocycles. The molecule has 9 heteroatoms. The first-order chi connectivity index (χ1) is 12.0. The second kappa shape index (κ2) is 7.16. The third kappa shape index (κ3) is 3.77. The molecule has 2 aliphatic heterocycles. The minimum absolute atomic E-state index is 0.0467. The van der Waals surface area contributed by atoms with Crippen LogP contribution in [-0.4, -0.2) is 48.4 Å². The summed E-state index contributed by atoms with van der Waals surface area (Å²) < 4.78 is 16.1. The lowest BCUT2D eigenvalue weighted by Crippen LogP contribution is -2.33. The largest absolute Gasteiger partial charge is 0.426 e. The number of hydrogen-bond acceptors (Lipinski definition) is 8. The van der Waals surface area contributed by atoms with Crippen LogP contribution in [0.4, 0.5) is 0 Å². The van der Waals surface area contributed by atoms with E-state index >= 15 is 0 Å². The van der Waals surface area contributed by atoms with E-state index < -0.39 is 29.4 Å². The van der Waals surface area contributed by atoms with Gasteiger partial charge in [-0.1, -0.05) is 12.1 Å². The van der Waals surface area contributed by atoms with Crippen molar-refractivity contribution in [2.24, 2.45) is 5.92 Å². The van der Waals surface area contributed by atoms with Crippen molar-refractivity contribution in [3.8, 4) is 5.75 Å². The number of fused-ring (bicyclic) bond motifs is 1. The zero-order valence-corrected chi connectivity index (χ0v) is 13.5. The molecule has 0 spiro atoms. The minimum Gasteiger partial charge on any atom is -0.426 e. The fourth-order valence-corrected chi connectivity index (χ4v) is 3.21. The molecule has 4 atom stereocenters. The molecule has 25 heavy (non-hydrogen) atoms. The maximum Gasteiger partial charge on any atom is 0.308 e. The lowest BCUT2D eigenvalue weighted by atomic mass is 9.93. The second-order valence-corrected chi connectivity index (χ2v) is 5.94. The molecule has 0 aliphatic carbocycles. The monoisotopic (exact) mass is 351 g/mol. The molecule has 1 aromatic rings. The number of carbonyl (C=O) groups is 2. The van der Waals surface area contributed by atoms with Gasteiger partial charge in [-0.3, -0.25) is 9.59 Å². The minimum atomic E-state index is -0.867. The van der Waals surface area contributed by atoms with Gasteiger partial charge in [-0.05, 0) is 12.1 Å². The summed E-state index contributed by atoms with van der Waals surface area (Å²) in [5, 5.41) is 9.62. The van der Waals surface area contributed by atoms with Gasteiger partial charge >= 0.3 is 5.97 Å². The average molecular weight is 351 g/mol. The van der Waals surface area contributed by atoms with Crippen molar-refractivity contribution in [2.45, 2.75) is 31.7 Å². The molecule has 0 saturated carbocycles. The van der Waals surface area contributed by atoms with Crippen molar-refractivity contribution < 1.29 is 33.7 Å². The van der Waals surface area contributed by atoms with Gasteiger partial charge < -0.3 is 19.0 Å². The van der Waals surface area contributed by atoms with Crippen molar-refractivity contribution in [3.05, 3.63) is 39.9 Å². The molecule has 2 heterocycles. The molecule has 0 radical (unpaired) electrons. The van der Waals surface area contributed by atoms with Gasteiger partial charge in [-0.15, -0.1) is 10.1 Å². The first-order valence-electron chi connectivity index (χ1n) is 7.80. The standard InChI is InChI=1S/C16H17NO8/c1-9(18)24-13-5-3-2-4-11(13)12(19)6-10-7-22-16-14(25-17(20)21)8-23-15(10)16/h2-5,10,14-16H,6-8H2,1H3/t10-,14+,15+,16+/m0/s1. The number of carbonyl (C=O) groups excluding carboxylic acids is 2.